The number of ether oxygens (including phenoxy) is 3. The summed E-state index contributed by atoms with van der Waals surface area (Å²) < 4.78 is 18.7. The van der Waals surface area contributed by atoms with Crippen molar-refractivity contribution in [1.82, 2.24) is 14.7 Å². The van der Waals surface area contributed by atoms with Crippen LogP contribution < -0.4 is 9.47 Å². The molecule has 186 valence electrons. The van der Waals surface area contributed by atoms with Gasteiger partial charge in [0.2, 0.25) is 5.88 Å². The monoisotopic (exact) mass is 477 g/mol. The first-order valence-electron chi connectivity index (χ1n) is 11.8. The third-order valence-electron chi connectivity index (χ3n) is 5.93. The minimum absolute atomic E-state index is 0.182. The maximum absolute atomic E-state index is 10.6. The number of terminal acetylenes is 1. The summed E-state index contributed by atoms with van der Waals surface area (Å²) in [6.07, 6.45) is 5.52. The van der Waals surface area contributed by atoms with Crippen LogP contribution in [-0.2, 0) is 18.3 Å². The number of hydrogen-bond acceptors (Lipinski definition) is 6. The molecule has 1 N–H and O–H groups in total. The van der Waals surface area contributed by atoms with E-state index in [1.807, 2.05) is 61.6 Å². The zero-order chi connectivity index (χ0) is 25.2. The van der Waals surface area contributed by atoms with E-state index in [4.69, 9.17) is 25.7 Å². The van der Waals surface area contributed by atoms with Gasteiger partial charge >= 0.3 is 0 Å². The zero-order valence-electron chi connectivity index (χ0n) is 21.0. The standard InChI is InChI=1S/C28H35N3O4/c1-6-17-34-20-23(32)18-31(21(3)7-2)19-26-27(22-11-9-8-10-12-22)29-30(4)28(26)35-25-15-13-24(33-5)14-16-25/h1,8-16,21,23,32H,7,17-20H2,2-5H3/t21-,23+/m0/s1. The number of aliphatic hydroxyl groups is 1. The Morgan fingerprint density at radius 3 is 2.43 bits per heavy atom. The van der Waals surface area contributed by atoms with Gasteiger partial charge in [-0.1, -0.05) is 43.2 Å². The fourth-order valence-corrected chi connectivity index (χ4v) is 3.84. The highest BCUT2D eigenvalue weighted by molar-refractivity contribution is 5.65. The molecule has 2 atom stereocenters. The van der Waals surface area contributed by atoms with Gasteiger partial charge in [0, 0.05) is 31.7 Å². The lowest BCUT2D eigenvalue weighted by molar-refractivity contribution is 0.0169. The van der Waals surface area contributed by atoms with Crippen LogP contribution in [0.4, 0.5) is 0 Å². The van der Waals surface area contributed by atoms with Crippen molar-refractivity contribution in [2.45, 2.75) is 39.0 Å². The number of nitrogens with zero attached hydrogens (tertiary/aromatic N) is 3. The Bertz CT molecular complexity index is 1090. The van der Waals surface area contributed by atoms with Gasteiger partial charge < -0.3 is 19.3 Å². The quantitative estimate of drug-likeness (QED) is 0.289. The number of aryl methyl sites for hydroxylation is 1. The first-order valence-corrected chi connectivity index (χ1v) is 11.8. The van der Waals surface area contributed by atoms with E-state index in [1.54, 1.807) is 11.8 Å². The Morgan fingerprint density at radius 1 is 1.11 bits per heavy atom. The second kappa shape index (κ2) is 13.0. The minimum atomic E-state index is -0.667. The van der Waals surface area contributed by atoms with E-state index < -0.39 is 6.10 Å². The van der Waals surface area contributed by atoms with Gasteiger partial charge in [-0.25, -0.2) is 4.68 Å². The topological polar surface area (TPSA) is 69.0 Å². The molecule has 2 aromatic carbocycles. The van der Waals surface area contributed by atoms with Crippen LogP contribution in [-0.4, -0.2) is 58.8 Å². The maximum Gasteiger partial charge on any atom is 0.222 e. The molecule has 1 aromatic heterocycles. The lowest BCUT2D eigenvalue weighted by Gasteiger charge is -2.30. The molecule has 0 saturated carbocycles. The number of methoxy groups -OCH3 is 1. The van der Waals surface area contributed by atoms with Crippen molar-refractivity contribution in [1.29, 1.82) is 0 Å². The van der Waals surface area contributed by atoms with E-state index in [0.29, 0.717) is 24.7 Å². The van der Waals surface area contributed by atoms with Crippen molar-refractivity contribution in [3.63, 3.8) is 0 Å². The zero-order valence-corrected chi connectivity index (χ0v) is 21.0. The molecule has 3 aromatic rings. The van der Waals surface area contributed by atoms with Crippen molar-refractivity contribution < 1.29 is 19.3 Å². The molecule has 0 bridgehead atoms. The molecule has 7 nitrogen and oxygen atoms in total. The molecule has 0 aliphatic carbocycles. The highest BCUT2D eigenvalue weighted by atomic mass is 16.5. The van der Waals surface area contributed by atoms with Crippen molar-refractivity contribution in [3.8, 4) is 41.0 Å². The fraction of sp³-hybridized carbons (Fsp3) is 0.393. The van der Waals surface area contributed by atoms with Crippen molar-refractivity contribution in [2.75, 3.05) is 26.9 Å². The van der Waals surface area contributed by atoms with Gasteiger partial charge in [0.25, 0.3) is 0 Å². The predicted octanol–water partition coefficient (Wildman–Crippen LogP) is 4.50. The van der Waals surface area contributed by atoms with Crippen LogP contribution in [0.15, 0.2) is 54.6 Å². The number of aromatic nitrogens is 2. The Hall–Kier alpha value is -3.31. The third-order valence-corrected chi connectivity index (χ3v) is 5.93. The van der Waals surface area contributed by atoms with Crippen LogP contribution in [0, 0.1) is 12.3 Å². The van der Waals surface area contributed by atoms with Crippen LogP contribution in [0.1, 0.15) is 25.8 Å². The van der Waals surface area contributed by atoms with Crippen molar-refractivity contribution in [3.05, 3.63) is 60.2 Å². The van der Waals surface area contributed by atoms with E-state index in [2.05, 4.69) is 24.7 Å². The van der Waals surface area contributed by atoms with Gasteiger partial charge in [-0.05, 0) is 37.6 Å². The van der Waals surface area contributed by atoms with Gasteiger partial charge in [-0.2, -0.15) is 5.10 Å². The van der Waals surface area contributed by atoms with E-state index >= 15 is 0 Å². The van der Waals surface area contributed by atoms with Gasteiger partial charge in [-0.15, -0.1) is 6.42 Å². The predicted molar refractivity (Wildman–Crippen MR) is 138 cm³/mol. The van der Waals surface area contributed by atoms with Crippen LogP contribution >= 0.6 is 0 Å². The Labute approximate surface area is 208 Å². The van der Waals surface area contributed by atoms with Crippen molar-refractivity contribution >= 4 is 0 Å². The second-order valence-electron chi connectivity index (χ2n) is 8.46. The van der Waals surface area contributed by atoms with Crippen LogP contribution in [0.3, 0.4) is 0 Å². The average molecular weight is 478 g/mol. The second-order valence-corrected chi connectivity index (χ2v) is 8.46. The summed E-state index contributed by atoms with van der Waals surface area (Å²) in [5, 5.41) is 15.4. The molecule has 0 fully saturated rings. The Kier molecular flexibility index (Phi) is 9.74. The highest BCUT2D eigenvalue weighted by Crippen LogP contribution is 2.35. The summed E-state index contributed by atoms with van der Waals surface area (Å²) in [6.45, 7) is 5.63. The summed E-state index contributed by atoms with van der Waals surface area (Å²) in [7, 11) is 3.52. The van der Waals surface area contributed by atoms with E-state index in [1.165, 1.54) is 0 Å². The molecule has 35 heavy (non-hydrogen) atoms. The highest BCUT2D eigenvalue weighted by Gasteiger charge is 2.25. The van der Waals surface area contributed by atoms with E-state index in [9.17, 15) is 5.11 Å². The molecule has 7 heteroatoms. The molecular formula is C28H35N3O4. The molecule has 0 aliphatic heterocycles. The van der Waals surface area contributed by atoms with Gasteiger partial charge in [-0.3, -0.25) is 4.90 Å². The summed E-state index contributed by atoms with van der Waals surface area (Å²) >= 11 is 0. The normalized spacial score (nSPS) is 12.8. The molecule has 1 heterocycles. The summed E-state index contributed by atoms with van der Waals surface area (Å²) in [4.78, 5) is 2.23. The van der Waals surface area contributed by atoms with E-state index in [-0.39, 0.29) is 19.3 Å². The summed E-state index contributed by atoms with van der Waals surface area (Å²) in [5.41, 5.74) is 2.80. The largest absolute Gasteiger partial charge is 0.497 e. The smallest absolute Gasteiger partial charge is 0.222 e. The lowest BCUT2D eigenvalue weighted by atomic mass is 10.1. The SMILES string of the molecule is C#CCOC[C@H](O)CN(Cc1c(-c2ccccc2)nn(C)c1Oc1ccc(OC)cc1)[C@@H](C)CC. The Morgan fingerprint density at radius 2 is 1.80 bits per heavy atom. The molecule has 0 amide bonds. The summed E-state index contributed by atoms with van der Waals surface area (Å²) in [5.74, 6) is 4.54. The van der Waals surface area contributed by atoms with Crippen LogP contribution in [0.25, 0.3) is 11.3 Å². The number of benzene rings is 2. The summed E-state index contributed by atoms with van der Waals surface area (Å²) in [6, 6.07) is 17.7. The molecule has 0 unspecified atom stereocenters. The van der Waals surface area contributed by atoms with Gasteiger partial charge in [0.1, 0.15) is 23.8 Å². The molecule has 3 rings (SSSR count). The minimum Gasteiger partial charge on any atom is -0.497 e. The Balaban J connectivity index is 1.96. The fourth-order valence-electron chi connectivity index (χ4n) is 3.84. The number of rotatable bonds is 13. The van der Waals surface area contributed by atoms with Crippen molar-refractivity contribution in [2.24, 2.45) is 7.05 Å². The van der Waals surface area contributed by atoms with Gasteiger partial charge in [0.15, 0.2) is 0 Å². The van der Waals surface area contributed by atoms with E-state index in [0.717, 1.165) is 29.0 Å². The molecule has 0 radical (unpaired) electrons. The molecule has 0 aliphatic rings. The third kappa shape index (κ3) is 7.09. The first kappa shape index (κ1) is 26.3. The maximum atomic E-state index is 10.6. The molecule has 0 spiro atoms. The number of hydrogen-bond donors (Lipinski definition) is 1. The first-order chi connectivity index (χ1) is 17.0. The molecular weight excluding hydrogens is 442 g/mol. The van der Waals surface area contributed by atoms with Crippen LogP contribution in [0.5, 0.6) is 17.4 Å². The number of aliphatic hydroxyl groups excluding tert-OH is 1. The lowest BCUT2D eigenvalue weighted by Crippen LogP contribution is -2.40. The van der Waals surface area contributed by atoms with Crippen LogP contribution in [0.2, 0.25) is 0 Å². The average Bonchev–Trinajstić information content (AvgIpc) is 3.18. The molecule has 0 saturated heterocycles. The van der Waals surface area contributed by atoms with Gasteiger partial charge in [0.05, 0.1) is 25.4 Å².